The Kier molecular flexibility index (Phi) is 31.5. The quantitative estimate of drug-likeness (QED) is 0.0435. The molecule has 1 unspecified atom stereocenters. The number of aliphatic carboxylic acids is 2. The van der Waals surface area contributed by atoms with Crippen molar-refractivity contribution in [2.24, 2.45) is 0 Å². The van der Waals surface area contributed by atoms with Crippen LogP contribution in [0.5, 0.6) is 0 Å². The van der Waals surface area contributed by atoms with Gasteiger partial charge in [0.05, 0.1) is 44.0 Å². The maximum Gasteiger partial charge on any atom is 0.218 e. The summed E-state index contributed by atoms with van der Waals surface area (Å²) in [5.74, 6) is -4.53. The number of carboxylic acids is 2. The molecule has 0 amide bonds. The van der Waals surface area contributed by atoms with Gasteiger partial charge in [0.25, 0.3) is 0 Å². The van der Waals surface area contributed by atoms with Crippen molar-refractivity contribution in [1.29, 1.82) is 0 Å². The largest absolute Gasteiger partial charge is 0.726 e. The third-order valence-corrected chi connectivity index (χ3v) is 16.0. The molecule has 5 saturated heterocycles. The zero-order valence-electron chi connectivity index (χ0n) is 51.0. The van der Waals surface area contributed by atoms with Crippen LogP contribution in [0, 0.1) is 0 Å². The average molecular weight is 1450 g/mol. The Hall–Kier alpha value is -2.43. The molecule has 92 heavy (non-hydrogen) atoms. The standard InChI is InChI=1S/C42H72O42S5.C3H8/c1-15(2)72-21-18(13-70-85(47,48)49)74-39(33(67-9)25(21)64-6)78-28-26(65-7)35(69-11)41(81-31(28)37(43)44)77-23-19(14-71-86(50,51)52)75-42(36(84-89(59,60)61)30(23)83-88(56,57)58)79-29-27(66-8)34(68-10)40(80-32(29)38(45)46)76-22-17(12-62-4)73-16(3)20(24(22)63-5)82-87(53,54)55;1-3-2/h15-36,39-42H,12-14H2,1-11H3,(H,43,44)(H,45,46)(H,47,48,49)(H,50,51,52)(H,53,54,55)(H,56,57,58)(H,59,60,61);3H2,1-2H3/p-7/t16-,17-,18-,19-,20+,21-,22-,23-,24-,25+,26+,27+,28+,29+,30+,31+,32?,33-,34-,35-,36-,39-,40-,41-,42-;/m1./s1. The van der Waals surface area contributed by atoms with E-state index in [4.69, 9.17) is 89.4 Å². The highest BCUT2D eigenvalue weighted by atomic mass is 32.3. The summed E-state index contributed by atoms with van der Waals surface area (Å²) in [5, 5.41) is 26.3. The molecule has 0 aromatic heterocycles. The van der Waals surface area contributed by atoms with Gasteiger partial charge < -0.3 is 128 Å². The Morgan fingerprint density at radius 3 is 1.01 bits per heavy atom. The second-order valence-electron chi connectivity index (χ2n) is 20.4. The van der Waals surface area contributed by atoms with Crippen molar-refractivity contribution in [1.82, 2.24) is 0 Å². The fourth-order valence-corrected chi connectivity index (χ4v) is 12.6. The highest BCUT2D eigenvalue weighted by molar-refractivity contribution is 7.81. The maximum absolute atomic E-state index is 13.2. The monoisotopic (exact) mass is 1450 g/mol. The van der Waals surface area contributed by atoms with E-state index in [1.165, 1.54) is 20.5 Å². The Balaban J connectivity index is 0.00000589. The van der Waals surface area contributed by atoms with Gasteiger partial charge in [-0.3, -0.25) is 20.9 Å². The highest BCUT2D eigenvalue weighted by Gasteiger charge is 2.60. The molecule has 5 aliphatic heterocycles. The third kappa shape index (κ3) is 22.8. The van der Waals surface area contributed by atoms with Crippen molar-refractivity contribution in [3.05, 3.63) is 0 Å². The number of hydrogen-bond acceptors (Lipinski definition) is 42. The number of carbonyl (C=O) groups is 2. The van der Waals surface area contributed by atoms with E-state index in [1.54, 1.807) is 13.8 Å². The van der Waals surface area contributed by atoms with Gasteiger partial charge in [-0.1, -0.05) is 20.3 Å². The van der Waals surface area contributed by atoms with E-state index < -0.39 is 237 Å². The van der Waals surface area contributed by atoms with Crippen LogP contribution in [0.1, 0.15) is 41.0 Å². The van der Waals surface area contributed by atoms with Crippen LogP contribution in [0.3, 0.4) is 0 Å². The number of carbonyl (C=O) groups excluding carboxylic acids is 2. The van der Waals surface area contributed by atoms with Gasteiger partial charge in [-0.05, 0) is 20.8 Å². The predicted octanol–water partition coefficient (Wildman–Crippen LogP) is -7.84. The summed E-state index contributed by atoms with van der Waals surface area (Å²) >= 11 is 0. The van der Waals surface area contributed by atoms with E-state index in [1.807, 2.05) is 0 Å². The normalized spacial score (nSPS) is 37.7. The second-order valence-corrected chi connectivity index (χ2v) is 25.5. The number of carboxylic acid groups (broad SMARTS) is 2. The second kappa shape index (κ2) is 35.4. The van der Waals surface area contributed by atoms with Gasteiger partial charge in [0.15, 0.2) is 31.3 Å². The van der Waals surface area contributed by atoms with Crippen molar-refractivity contribution in [2.45, 2.75) is 200 Å². The van der Waals surface area contributed by atoms with Crippen LogP contribution in [0.4, 0.5) is 0 Å². The van der Waals surface area contributed by atoms with E-state index >= 15 is 0 Å². The van der Waals surface area contributed by atoms with E-state index in [2.05, 4.69) is 30.6 Å². The maximum atomic E-state index is 13.2. The first-order chi connectivity index (χ1) is 42.7. The van der Waals surface area contributed by atoms with Crippen LogP contribution in [-0.4, -0.2) is 313 Å². The molecule has 5 rings (SSSR count). The molecular weight excluding hydrogens is 1370 g/mol. The Bertz CT molecular complexity index is 2890. The summed E-state index contributed by atoms with van der Waals surface area (Å²) in [6.07, 6.45) is -51.7. The van der Waals surface area contributed by atoms with Crippen LogP contribution in [0.25, 0.3) is 0 Å². The molecule has 0 aliphatic carbocycles. The van der Waals surface area contributed by atoms with Crippen molar-refractivity contribution < 1.29 is 191 Å². The summed E-state index contributed by atoms with van der Waals surface area (Å²) in [6, 6.07) is 0. The molecule has 0 saturated carbocycles. The van der Waals surface area contributed by atoms with Gasteiger partial charge in [0.2, 0.25) is 52.0 Å². The molecule has 0 N–H and O–H groups in total. The minimum absolute atomic E-state index is 0.385. The summed E-state index contributed by atoms with van der Waals surface area (Å²) in [4.78, 5) is 26.3. The molecule has 542 valence electrons. The van der Waals surface area contributed by atoms with Gasteiger partial charge in [-0.15, -0.1) is 0 Å². The lowest BCUT2D eigenvalue weighted by atomic mass is 9.94. The zero-order valence-corrected chi connectivity index (χ0v) is 55.1. The van der Waals surface area contributed by atoms with Crippen molar-refractivity contribution in [3.63, 3.8) is 0 Å². The molecular formula is C45H73O42S5-7. The minimum atomic E-state index is -6.39. The third-order valence-electron chi connectivity index (χ3n) is 13.8. The first kappa shape index (κ1) is 82.0. The first-order valence-corrected chi connectivity index (χ1v) is 33.6. The summed E-state index contributed by atoms with van der Waals surface area (Å²) in [6.45, 7) is 5.43. The van der Waals surface area contributed by atoms with E-state index in [9.17, 15) is 84.7 Å². The fourth-order valence-electron chi connectivity index (χ4n) is 10.5. The van der Waals surface area contributed by atoms with Crippen LogP contribution in [0.2, 0.25) is 0 Å². The smallest absolute Gasteiger partial charge is 0.218 e. The van der Waals surface area contributed by atoms with E-state index in [-0.39, 0.29) is 6.61 Å². The number of ether oxygens (including phenoxy) is 18. The zero-order chi connectivity index (χ0) is 69.8. The van der Waals surface area contributed by atoms with Crippen LogP contribution >= 0.6 is 0 Å². The molecule has 47 heteroatoms. The summed E-state index contributed by atoms with van der Waals surface area (Å²) < 4.78 is 308. The van der Waals surface area contributed by atoms with Crippen LogP contribution in [-0.2, 0) is 168 Å². The van der Waals surface area contributed by atoms with Gasteiger partial charge >= 0.3 is 0 Å². The average Bonchev–Trinajstić information content (AvgIpc) is 0.765. The highest BCUT2D eigenvalue weighted by Crippen LogP contribution is 2.41. The lowest BCUT2D eigenvalue weighted by molar-refractivity contribution is -0.400. The van der Waals surface area contributed by atoms with Crippen molar-refractivity contribution in [3.8, 4) is 0 Å². The lowest BCUT2D eigenvalue weighted by Crippen LogP contribution is -2.70. The Morgan fingerprint density at radius 1 is 0.380 bits per heavy atom. The van der Waals surface area contributed by atoms with Gasteiger partial charge in [-0.2, -0.15) is 0 Å². The lowest BCUT2D eigenvalue weighted by Gasteiger charge is -2.52. The molecule has 42 nitrogen and oxygen atoms in total. The predicted molar refractivity (Wildman–Crippen MR) is 277 cm³/mol. The van der Waals surface area contributed by atoms with Crippen LogP contribution < -0.4 is 10.2 Å². The van der Waals surface area contributed by atoms with Gasteiger partial charge in [0.1, 0.15) is 116 Å². The van der Waals surface area contributed by atoms with Gasteiger partial charge in [0, 0.05) is 56.9 Å². The molecule has 25 atom stereocenters. The SMILES string of the molecule is CCC.COC[C@H]1O[C@H](C)[C@H](OS(=O)(=O)[O-])[C@@H](OC)[C@@H]1O[C@@H]1OC(C(=O)[O-])[C@@H](O[C@H]2O[C@H](COS(=O)(=O)[O-])[C@@H](O[C@@H]3O[C@H](C(=O)[O-])[C@@H](O[C@H]4O[C@H](COS(=O)(=O)[O-])[C@@H](OC(C)C)[C@H](OC)[C@H]4OC)[C@H](OC)[C@H]3OC)[C@H](OS(=O)(=O)[O-])[C@H]2OS(=O)(=O)[O-])[C@H](OC)[C@H]1OC. The number of hydrogen-bond donors (Lipinski definition) is 0. The van der Waals surface area contributed by atoms with Gasteiger partial charge in [-0.25, -0.2) is 42.1 Å². The van der Waals surface area contributed by atoms with E-state index in [0.29, 0.717) is 0 Å². The molecule has 5 fully saturated rings. The number of methoxy groups -OCH3 is 8. The fraction of sp³-hybridized carbons (Fsp3) is 0.956. The molecule has 0 aromatic rings. The molecule has 0 spiro atoms. The Morgan fingerprint density at radius 2 is 0.674 bits per heavy atom. The Labute approximate surface area is 529 Å². The molecule has 0 bridgehead atoms. The minimum Gasteiger partial charge on any atom is -0.726 e. The number of rotatable bonds is 33. The first-order valence-electron chi connectivity index (χ1n) is 27.0. The van der Waals surface area contributed by atoms with E-state index in [0.717, 1.165) is 49.8 Å². The van der Waals surface area contributed by atoms with Crippen molar-refractivity contribution >= 4 is 63.9 Å². The topological polar surface area (TPSA) is 579 Å². The molecule has 0 radical (unpaired) electrons. The van der Waals surface area contributed by atoms with Crippen LogP contribution in [0.15, 0.2) is 0 Å². The molecule has 0 aromatic carbocycles. The summed E-state index contributed by atoms with van der Waals surface area (Å²) in [5.41, 5.74) is 0. The molecule has 5 heterocycles. The summed E-state index contributed by atoms with van der Waals surface area (Å²) in [7, 11) is -21.6. The molecule has 5 aliphatic rings. The van der Waals surface area contributed by atoms with Crippen molar-refractivity contribution in [2.75, 3.05) is 76.7 Å².